The Hall–Kier alpha value is -0.730. The summed E-state index contributed by atoms with van der Waals surface area (Å²) in [7, 11) is 0. The van der Waals surface area contributed by atoms with Gasteiger partial charge in [-0.05, 0) is 42.9 Å². The smallest absolute Gasteiger partial charge is 0.191 e. The largest absolute Gasteiger partial charge is 0.370 e. The molecule has 0 spiro atoms. The molecule has 0 bridgehead atoms. The van der Waals surface area contributed by atoms with E-state index in [1.54, 1.807) is 0 Å². The number of likely N-dealkylation sites (tertiary alicyclic amines) is 1. The molecule has 3 heteroatoms. The van der Waals surface area contributed by atoms with E-state index in [1.807, 2.05) is 0 Å². The standard InChI is InChI=1S/C15H27N3/c1-11-4-3-7-18(10-11)15(16)17-9-13-8-14(13)12-5-2-6-12/h11-14H,2-10H2,1H3,(H2,16,17)/t11?,13-,14-/m0/s1. The van der Waals surface area contributed by atoms with Crippen LogP contribution >= 0.6 is 0 Å². The number of nitrogens with zero attached hydrogens (tertiary/aromatic N) is 2. The summed E-state index contributed by atoms with van der Waals surface area (Å²) in [5, 5.41) is 0. The Bertz CT molecular complexity index is 322. The van der Waals surface area contributed by atoms with Crippen LogP contribution in [0, 0.1) is 23.7 Å². The number of hydrogen-bond donors (Lipinski definition) is 1. The van der Waals surface area contributed by atoms with Crippen molar-refractivity contribution in [1.29, 1.82) is 0 Å². The normalized spacial score (nSPS) is 37.5. The molecule has 0 radical (unpaired) electrons. The SMILES string of the molecule is CC1CCCN(C(N)=NC[C@@H]2C[C@H]2C2CCC2)C1. The van der Waals surface area contributed by atoms with E-state index < -0.39 is 0 Å². The lowest BCUT2D eigenvalue weighted by Gasteiger charge is -2.31. The predicted molar refractivity (Wildman–Crippen MR) is 75.4 cm³/mol. The van der Waals surface area contributed by atoms with Crippen molar-refractivity contribution in [1.82, 2.24) is 4.90 Å². The van der Waals surface area contributed by atoms with Gasteiger partial charge in [-0.2, -0.15) is 0 Å². The molecule has 2 saturated carbocycles. The fraction of sp³-hybridized carbons (Fsp3) is 0.933. The Morgan fingerprint density at radius 2 is 2.11 bits per heavy atom. The quantitative estimate of drug-likeness (QED) is 0.616. The third-order valence-electron chi connectivity index (χ3n) is 5.20. The topological polar surface area (TPSA) is 41.6 Å². The van der Waals surface area contributed by atoms with E-state index >= 15 is 0 Å². The molecule has 3 rings (SSSR count). The molecule has 3 aliphatic rings. The number of guanidine groups is 1. The van der Waals surface area contributed by atoms with Crippen molar-refractivity contribution in [3.8, 4) is 0 Å². The minimum absolute atomic E-state index is 0.774. The summed E-state index contributed by atoms with van der Waals surface area (Å²) in [5.41, 5.74) is 6.13. The average Bonchev–Trinajstić information content (AvgIpc) is 3.03. The van der Waals surface area contributed by atoms with Crippen LogP contribution in [0.2, 0.25) is 0 Å². The average molecular weight is 249 g/mol. The maximum atomic E-state index is 6.13. The monoisotopic (exact) mass is 249 g/mol. The minimum atomic E-state index is 0.774. The van der Waals surface area contributed by atoms with Crippen LogP contribution in [0.4, 0.5) is 0 Å². The zero-order valence-electron chi connectivity index (χ0n) is 11.6. The number of aliphatic imine (C=N–C) groups is 1. The highest BCUT2D eigenvalue weighted by Gasteiger charge is 2.44. The molecule has 1 saturated heterocycles. The van der Waals surface area contributed by atoms with E-state index in [0.717, 1.165) is 49.3 Å². The molecule has 2 N–H and O–H groups in total. The van der Waals surface area contributed by atoms with Crippen molar-refractivity contribution >= 4 is 5.96 Å². The zero-order valence-corrected chi connectivity index (χ0v) is 11.6. The first-order valence-corrected chi connectivity index (χ1v) is 7.79. The van der Waals surface area contributed by atoms with E-state index in [4.69, 9.17) is 5.73 Å². The minimum Gasteiger partial charge on any atom is -0.370 e. The summed E-state index contributed by atoms with van der Waals surface area (Å²) in [4.78, 5) is 6.94. The molecule has 0 aromatic rings. The van der Waals surface area contributed by atoms with E-state index in [-0.39, 0.29) is 0 Å². The molecule has 1 unspecified atom stereocenters. The van der Waals surface area contributed by atoms with Crippen molar-refractivity contribution in [3.63, 3.8) is 0 Å². The van der Waals surface area contributed by atoms with Gasteiger partial charge in [0, 0.05) is 19.6 Å². The van der Waals surface area contributed by atoms with Gasteiger partial charge in [0.2, 0.25) is 0 Å². The summed E-state index contributed by atoms with van der Waals surface area (Å²) in [5.74, 6) is 4.48. The fourth-order valence-electron chi connectivity index (χ4n) is 3.63. The Balaban J connectivity index is 1.44. The van der Waals surface area contributed by atoms with Gasteiger partial charge in [0.25, 0.3) is 0 Å². The van der Waals surface area contributed by atoms with Gasteiger partial charge in [0.1, 0.15) is 0 Å². The molecule has 0 aromatic heterocycles. The number of hydrogen-bond acceptors (Lipinski definition) is 1. The van der Waals surface area contributed by atoms with Gasteiger partial charge in [0.05, 0.1) is 0 Å². The van der Waals surface area contributed by atoms with Crippen molar-refractivity contribution < 1.29 is 0 Å². The molecule has 3 nitrogen and oxygen atoms in total. The highest BCUT2D eigenvalue weighted by atomic mass is 15.3. The Kier molecular flexibility index (Phi) is 3.49. The maximum absolute atomic E-state index is 6.13. The van der Waals surface area contributed by atoms with Gasteiger partial charge in [-0.25, -0.2) is 0 Å². The van der Waals surface area contributed by atoms with Crippen molar-refractivity contribution in [3.05, 3.63) is 0 Å². The van der Waals surface area contributed by atoms with Crippen LogP contribution in [0.3, 0.4) is 0 Å². The Morgan fingerprint density at radius 3 is 2.78 bits per heavy atom. The molecule has 18 heavy (non-hydrogen) atoms. The van der Waals surface area contributed by atoms with Crippen LogP contribution in [-0.4, -0.2) is 30.5 Å². The van der Waals surface area contributed by atoms with Crippen LogP contribution in [0.15, 0.2) is 4.99 Å². The number of piperidine rings is 1. The molecule has 3 atom stereocenters. The molecule has 1 aliphatic heterocycles. The second-order valence-electron chi connectivity index (χ2n) is 6.74. The summed E-state index contributed by atoms with van der Waals surface area (Å²) in [6, 6.07) is 0. The van der Waals surface area contributed by atoms with Gasteiger partial charge in [-0.3, -0.25) is 4.99 Å². The van der Waals surface area contributed by atoms with Gasteiger partial charge in [-0.15, -0.1) is 0 Å². The van der Waals surface area contributed by atoms with E-state index in [1.165, 1.54) is 38.5 Å². The summed E-state index contributed by atoms with van der Waals surface area (Å²) >= 11 is 0. The Labute approximate surface area is 111 Å². The van der Waals surface area contributed by atoms with Crippen LogP contribution in [0.1, 0.15) is 45.4 Å². The van der Waals surface area contributed by atoms with Crippen molar-refractivity contribution in [2.24, 2.45) is 34.4 Å². The first-order valence-electron chi connectivity index (χ1n) is 7.79. The highest BCUT2D eigenvalue weighted by Crippen LogP contribution is 2.51. The molecular formula is C15H27N3. The molecule has 0 amide bonds. The van der Waals surface area contributed by atoms with Crippen LogP contribution in [-0.2, 0) is 0 Å². The van der Waals surface area contributed by atoms with Gasteiger partial charge >= 0.3 is 0 Å². The summed E-state index contributed by atoms with van der Waals surface area (Å²) in [6.45, 7) is 5.51. The zero-order chi connectivity index (χ0) is 12.5. The second-order valence-corrected chi connectivity index (χ2v) is 6.74. The van der Waals surface area contributed by atoms with Crippen LogP contribution in [0.5, 0.6) is 0 Å². The maximum Gasteiger partial charge on any atom is 0.191 e. The van der Waals surface area contributed by atoms with E-state index in [0.29, 0.717) is 0 Å². The third-order valence-corrected chi connectivity index (χ3v) is 5.20. The third kappa shape index (κ3) is 2.65. The first-order chi connectivity index (χ1) is 8.74. The van der Waals surface area contributed by atoms with Crippen molar-refractivity contribution in [2.75, 3.05) is 19.6 Å². The number of rotatable bonds is 3. The van der Waals surface area contributed by atoms with Crippen LogP contribution < -0.4 is 5.73 Å². The lowest BCUT2D eigenvalue weighted by molar-refractivity contribution is 0.264. The summed E-state index contributed by atoms with van der Waals surface area (Å²) in [6.07, 6.45) is 8.44. The van der Waals surface area contributed by atoms with E-state index in [9.17, 15) is 0 Å². The van der Waals surface area contributed by atoms with Gasteiger partial charge in [-0.1, -0.05) is 26.2 Å². The highest BCUT2D eigenvalue weighted by molar-refractivity contribution is 5.78. The Morgan fingerprint density at radius 1 is 1.28 bits per heavy atom. The van der Waals surface area contributed by atoms with Gasteiger partial charge in [0.15, 0.2) is 5.96 Å². The lowest BCUT2D eigenvalue weighted by Crippen LogP contribution is -2.43. The molecule has 0 aromatic carbocycles. The van der Waals surface area contributed by atoms with Gasteiger partial charge < -0.3 is 10.6 Å². The van der Waals surface area contributed by atoms with E-state index in [2.05, 4.69) is 16.8 Å². The first kappa shape index (κ1) is 12.3. The second kappa shape index (κ2) is 5.10. The lowest BCUT2D eigenvalue weighted by atomic mass is 9.81. The molecule has 2 aliphatic carbocycles. The number of nitrogens with two attached hydrogens (primary N) is 1. The molecular weight excluding hydrogens is 222 g/mol. The van der Waals surface area contributed by atoms with Crippen LogP contribution in [0.25, 0.3) is 0 Å². The summed E-state index contributed by atoms with van der Waals surface area (Å²) < 4.78 is 0. The van der Waals surface area contributed by atoms with Crippen molar-refractivity contribution in [2.45, 2.75) is 45.4 Å². The molecule has 1 heterocycles. The fourth-order valence-corrected chi connectivity index (χ4v) is 3.63. The molecule has 3 fully saturated rings. The molecule has 102 valence electrons. The predicted octanol–water partition coefficient (Wildman–Crippen LogP) is 2.47.